The van der Waals surface area contributed by atoms with Crippen molar-refractivity contribution >= 4 is 11.9 Å². The standard InChI is InChI=1S/C41H64N2O11/c1-35(19-44)8-10-40(34(51)52)11-9-37(3)22(23(40)14-35)6-7-26-38(37,4)15-24-30-36(2,20-45)32(54-33-29(49)28(48)25(46)17-53-33)31(50)41(18-43-24,39(26,30)5)13-21-12-27(47)42-16-21/h6,21,23-26,28-33,43-46,48-50H,7-20H2,1-5H3,(H,42,47)(H,51,52). The highest BCUT2D eigenvalue weighted by atomic mass is 16.7. The van der Waals surface area contributed by atoms with Crippen LogP contribution in [0.2, 0.25) is 0 Å². The fourth-order valence-electron chi connectivity index (χ4n) is 15.0. The zero-order valence-electron chi connectivity index (χ0n) is 32.6. The summed E-state index contributed by atoms with van der Waals surface area (Å²) in [6.45, 7) is 11.4. The fraction of sp³-hybridized carbons (Fsp3) is 0.902. The summed E-state index contributed by atoms with van der Waals surface area (Å²) in [6.07, 6.45) is -0.228. The van der Waals surface area contributed by atoms with Gasteiger partial charge in [0.15, 0.2) is 6.29 Å². The van der Waals surface area contributed by atoms with Gasteiger partial charge in [0.25, 0.3) is 0 Å². The Morgan fingerprint density at radius 3 is 2.35 bits per heavy atom. The third-order valence-corrected chi connectivity index (χ3v) is 18.2. The summed E-state index contributed by atoms with van der Waals surface area (Å²) >= 11 is 0. The summed E-state index contributed by atoms with van der Waals surface area (Å²) < 4.78 is 12.3. The van der Waals surface area contributed by atoms with E-state index in [1.807, 2.05) is 6.92 Å². The predicted molar refractivity (Wildman–Crippen MR) is 194 cm³/mol. The normalized spacial score (nSPS) is 56.5. The number of carboxylic acids is 1. The molecule has 13 nitrogen and oxygen atoms in total. The van der Waals surface area contributed by atoms with Crippen molar-refractivity contribution in [3.63, 3.8) is 0 Å². The van der Waals surface area contributed by atoms with Crippen LogP contribution in [0.15, 0.2) is 11.6 Å². The summed E-state index contributed by atoms with van der Waals surface area (Å²) in [5.41, 5.74) is -3.28. The van der Waals surface area contributed by atoms with Gasteiger partial charge < -0.3 is 55.9 Å². The third-order valence-electron chi connectivity index (χ3n) is 18.2. The molecule has 1 amide bonds. The number of carbonyl (C=O) groups excluding carboxylic acids is 1. The van der Waals surface area contributed by atoms with Crippen molar-refractivity contribution in [2.45, 2.75) is 135 Å². The van der Waals surface area contributed by atoms with Crippen LogP contribution in [0, 0.1) is 61.6 Å². The lowest BCUT2D eigenvalue weighted by Crippen LogP contribution is -2.84. The number of fused-ring (bicyclic) bond motifs is 5. The molecule has 3 heterocycles. The van der Waals surface area contributed by atoms with Crippen LogP contribution >= 0.6 is 0 Å². The van der Waals surface area contributed by atoms with Gasteiger partial charge in [-0.05, 0) is 96.7 Å². The quantitative estimate of drug-likeness (QED) is 0.133. The van der Waals surface area contributed by atoms with E-state index >= 15 is 0 Å². The molecule has 7 fully saturated rings. The number of piperidine rings is 1. The highest BCUT2D eigenvalue weighted by Gasteiger charge is 2.80. The van der Waals surface area contributed by atoms with Gasteiger partial charge in [-0.25, -0.2) is 0 Å². The molecule has 18 atom stereocenters. The van der Waals surface area contributed by atoms with Gasteiger partial charge in [0.2, 0.25) is 5.91 Å². The molecule has 8 rings (SSSR count). The number of amides is 1. The first-order valence-corrected chi connectivity index (χ1v) is 20.5. The van der Waals surface area contributed by atoms with Crippen molar-refractivity contribution in [2.75, 3.05) is 32.9 Å². The van der Waals surface area contributed by atoms with Gasteiger partial charge in [-0.1, -0.05) is 46.3 Å². The average Bonchev–Trinajstić information content (AvgIpc) is 3.54. The Kier molecular flexibility index (Phi) is 9.18. The number of hydrogen-bond donors (Lipinski definition) is 9. The molecule has 13 heteroatoms. The van der Waals surface area contributed by atoms with Gasteiger partial charge >= 0.3 is 5.97 Å². The smallest absolute Gasteiger partial charge is 0.310 e. The van der Waals surface area contributed by atoms with E-state index in [0.29, 0.717) is 64.5 Å². The Labute approximate surface area is 318 Å². The van der Waals surface area contributed by atoms with Gasteiger partial charge in [0.05, 0.1) is 30.8 Å². The molecule has 54 heavy (non-hydrogen) atoms. The molecular weight excluding hydrogens is 696 g/mol. The summed E-state index contributed by atoms with van der Waals surface area (Å²) in [4.78, 5) is 25.9. The van der Waals surface area contributed by atoms with E-state index in [0.717, 1.165) is 6.42 Å². The van der Waals surface area contributed by atoms with Crippen LogP contribution in [0.4, 0.5) is 0 Å². The molecule has 0 aromatic carbocycles. The van der Waals surface area contributed by atoms with E-state index in [1.54, 1.807) is 0 Å². The van der Waals surface area contributed by atoms with Crippen molar-refractivity contribution in [1.82, 2.24) is 10.6 Å². The van der Waals surface area contributed by atoms with Crippen molar-refractivity contribution in [3.05, 3.63) is 11.6 Å². The second kappa shape index (κ2) is 12.7. The van der Waals surface area contributed by atoms with Gasteiger partial charge in [-0.15, -0.1) is 0 Å². The highest BCUT2D eigenvalue weighted by molar-refractivity contribution is 5.78. The van der Waals surface area contributed by atoms with Crippen molar-refractivity contribution < 1.29 is 54.8 Å². The summed E-state index contributed by atoms with van der Waals surface area (Å²) in [7, 11) is 0. The van der Waals surface area contributed by atoms with Crippen LogP contribution < -0.4 is 10.6 Å². The zero-order chi connectivity index (χ0) is 39.0. The van der Waals surface area contributed by atoms with Crippen molar-refractivity contribution in [2.24, 2.45) is 61.6 Å². The lowest BCUT2D eigenvalue weighted by atomic mass is 9.27. The first kappa shape index (κ1) is 39.2. The molecule has 0 aromatic heterocycles. The Bertz CT molecular complexity index is 1580. The van der Waals surface area contributed by atoms with Crippen molar-refractivity contribution in [3.8, 4) is 0 Å². The molecule has 0 radical (unpaired) electrons. The molecule has 8 aliphatic rings. The van der Waals surface area contributed by atoms with Crippen LogP contribution in [0.1, 0.15) is 92.4 Å². The minimum absolute atomic E-state index is 0.00673. The fourth-order valence-corrected chi connectivity index (χ4v) is 15.0. The number of allylic oxidation sites excluding steroid dienone is 2. The third kappa shape index (κ3) is 4.88. The molecule has 3 aliphatic heterocycles. The minimum atomic E-state index is -1.58. The molecule has 4 bridgehead atoms. The number of aliphatic carboxylic acids is 1. The van der Waals surface area contributed by atoms with Crippen molar-refractivity contribution in [1.29, 1.82) is 0 Å². The second-order valence-corrected chi connectivity index (χ2v) is 20.5. The van der Waals surface area contributed by atoms with E-state index in [9.17, 15) is 45.3 Å². The molecule has 5 aliphatic carbocycles. The topological polar surface area (TPSA) is 218 Å². The van der Waals surface area contributed by atoms with Crippen LogP contribution in [-0.2, 0) is 19.1 Å². The second-order valence-electron chi connectivity index (χ2n) is 20.5. The van der Waals surface area contributed by atoms with Crippen LogP contribution in [0.25, 0.3) is 0 Å². The van der Waals surface area contributed by atoms with E-state index < -0.39 is 64.4 Å². The number of carbonyl (C=O) groups is 2. The number of aliphatic hydroxyl groups excluding tert-OH is 6. The van der Waals surface area contributed by atoms with Crippen LogP contribution in [-0.4, -0.2) is 123 Å². The Balaban J connectivity index is 1.26. The van der Waals surface area contributed by atoms with E-state index in [4.69, 9.17) is 9.47 Å². The van der Waals surface area contributed by atoms with E-state index in [-0.39, 0.29) is 71.7 Å². The predicted octanol–water partition coefficient (Wildman–Crippen LogP) is 1.32. The molecule has 304 valence electrons. The van der Waals surface area contributed by atoms with Crippen LogP contribution in [0.3, 0.4) is 0 Å². The van der Waals surface area contributed by atoms with Gasteiger partial charge in [-0.3, -0.25) is 9.59 Å². The molecule has 9 N–H and O–H groups in total. The zero-order valence-corrected chi connectivity index (χ0v) is 32.6. The molecule has 18 unspecified atom stereocenters. The Morgan fingerprint density at radius 1 is 0.981 bits per heavy atom. The van der Waals surface area contributed by atoms with Gasteiger partial charge in [0, 0.05) is 43.0 Å². The average molecular weight is 761 g/mol. The van der Waals surface area contributed by atoms with E-state index in [1.165, 1.54) is 5.57 Å². The molecular formula is C41H64N2O11. The number of carboxylic acid groups (broad SMARTS) is 1. The van der Waals surface area contributed by atoms with Gasteiger partial charge in [0.1, 0.15) is 18.3 Å². The highest BCUT2D eigenvalue weighted by Crippen LogP contribution is 2.80. The number of aliphatic hydroxyl groups is 6. The summed E-state index contributed by atoms with van der Waals surface area (Å²) in [5.74, 6) is -1.25. The minimum Gasteiger partial charge on any atom is -0.481 e. The molecule has 4 saturated carbocycles. The largest absolute Gasteiger partial charge is 0.481 e. The maximum absolute atomic E-state index is 13.2. The molecule has 0 aromatic rings. The number of rotatable bonds is 7. The van der Waals surface area contributed by atoms with Crippen LogP contribution in [0.5, 0.6) is 0 Å². The molecule has 0 spiro atoms. The Morgan fingerprint density at radius 2 is 1.70 bits per heavy atom. The SMILES string of the molecule is CC1(CO)CCC2(C(=O)O)CCC3(C)C(=CCC4C3(C)CC3NCC5(CC6CNC(=O)C6)C(O)C(OC6OCC(O)C(O)C6O)C(C)(CO)C3C45C)C2C1. The maximum Gasteiger partial charge on any atom is 0.310 e. The summed E-state index contributed by atoms with van der Waals surface area (Å²) in [6, 6.07) is -0.121. The number of ether oxygens (including phenoxy) is 2. The number of nitrogens with one attached hydrogen (secondary N) is 2. The summed E-state index contributed by atoms with van der Waals surface area (Å²) in [5, 5.41) is 84.7. The lowest BCUT2D eigenvalue weighted by Gasteiger charge is -2.80. The Hall–Kier alpha value is -1.68. The maximum atomic E-state index is 13.2. The monoisotopic (exact) mass is 760 g/mol. The lowest BCUT2D eigenvalue weighted by molar-refractivity contribution is -0.370. The molecule has 3 saturated heterocycles. The first-order valence-electron chi connectivity index (χ1n) is 20.5. The first-order chi connectivity index (χ1) is 25.3. The number of hydrogen-bond acceptors (Lipinski definition) is 11. The van der Waals surface area contributed by atoms with Gasteiger partial charge in [-0.2, -0.15) is 0 Å². The van der Waals surface area contributed by atoms with E-state index in [2.05, 4.69) is 44.4 Å².